The molecule has 0 aliphatic carbocycles. The molecule has 1 aliphatic rings. The Bertz CT molecular complexity index is 686. The number of nitrogens with zero attached hydrogens (tertiary/aromatic N) is 3. The van der Waals surface area contributed by atoms with Crippen LogP contribution in [0, 0.1) is 0 Å². The number of hydrogen-bond donors (Lipinski definition) is 1. The SMILES string of the molecule is CCC1CCC(C)N1c1c(C(=O)O)nnc2ccccc12. The topological polar surface area (TPSA) is 66.3 Å². The van der Waals surface area contributed by atoms with Gasteiger partial charge in [-0.1, -0.05) is 25.1 Å². The van der Waals surface area contributed by atoms with E-state index in [-0.39, 0.29) is 5.69 Å². The van der Waals surface area contributed by atoms with E-state index in [0.29, 0.717) is 12.1 Å². The molecule has 1 aromatic heterocycles. The largest absolute Gasteiger partial charge is 0.476 e. The highest BCUT2D eigenvalue weighted by Gasteiger charge is 2.34. The lowest BCUT2D eigenvalue weighted by Crippen LogP contribution is -2.36. The second kappa shape index (κ2) is 5.31. The average Bonchev–Trinajstić information content (AvgIpc) is 2.86. The molecule has 1 aliphatic heterocycles. The Kier molecular flexibility index (Phi) is 3.49. The number of aromatic carboxylic acids is 1. The van der Waals surface area contributed by atoms with Crippen LogP contribution < -0.4 is 4.90 Å². The number of benzene rings is 1. The van der Waals surface area contributed by atoms with Gasteiger partial charge in [-0.25, -0.2) is 4.79 Å². The van der Waals surface area contributed by atoms with Gasteiger partial charge in [-0.3, -0.25) is 0 Å². The average molecular weight is 285 g/mol. The van der Waals surface area contributed by atoms with Gasteiger partial charge in [0, 0.05) is 17.5 Å². The van der Waals surface area contributed by atoms with E-state index in [1.165, 1.54) is 0 Å². The third kappa shape index (κ3) is 2.22. The summed E-state index contributed by atoms with van der Waals surface area (Å²) in [5.74, 6) is -1.02. The lowest BCUT2D eigenvalue weighted by atomic mass is 10.1. The van der Waals surface area contributed by atoms with E-state index >= 15 is 0 Å². The Hall–Kier alpha value is -2.17. The van der Waals surface area contributed by atoms with Crippen LogP contribution in [0.3, 0.4) is 0 Å². The highest BCUT2D eigenvalue weighted by molar-refractivity contribution is 6.03. The molecule has 1 fully saturated rings. The first-order valence-electron chi connectivity index (χ1n) is 7.40. The summed E-state index contributed by atoms with van der Waals surface area (Å²) in [6, 6.07) is 8.31. The van der Waals surface area contributed by atoms with Crippen molar-refractivity contribution in [2.45, 2.75) is 45.2 Å². The van der Waals surface area contributed by atoms with Gasteiger partial charge in [0.05, 0.1) is 11.2 Å². The zero-order valence-corrected chi connectivity index (χ0v) is 12.3. The standard InChI is InChI=1S/C16H19N3O2/c1-3-11-9-8-10(2)19(11)15-12-6-4-5-7-13(12)17-18-14(15)16(20)21/h4-7,10-11H,3,8-9H2,1-2H3,(H,20,21). The van der Waals surface area contributed by atoms with E-state index in [0.717, 1.165) is 35.9 Å². The normalized spacial score (nSPS) is 21.9. The van der Waals surface area contributed by atoms with Crippen molar-refractivity contribution in [2.75, 3.05) is 4.90 Å². The number of aromatic nitrogens is 2. The third-order valence-electron chi connectivity index (χ3n) is 4.36. The Balaban J connectivity index is 2.27. The minimum absolute atomic E-state index is 0.0564. The molecule has 0 bridgehead atoms. The Morgan fingerprint density at radius 3 is 2.81 bits per heavy atom. The number of anilines is 1. The van der Waals surface area contributed by atoms with Gasteiger partial charge in [0.15, 0.2) is 5.69 Å². The summed E-state index contributed by atoms with van der Waals surface area (Å²) < 4.78 is 0. The Morgan fingerprint density at radius 1 is 1.33 bits per heavy atom. The van der Waals surface area contributed by atoms with E-state index in [9.17, 15) is 9.90 Å². The molecule has 0 radical (unpaired) electrons. The van der Waals surface area contributed by atoms with E-state index < -0.39 is 5.97 Å². The number of fused-ring (bicyclic) bond motifs is 1. The molecule has 110 valence electrons. The van der Waals surface area contributed by atoms with Gasteiger partial charge >= 0.3 is 5.97 Å². The summed E-state index contributed by atoms with van der Waals surface area (Å²) in [6.45, 7) is 4.30. The van der Waals surface area contributed by atoms with Crippen molar-refractivity contribution in [3.63, 3.8) is 0 Å². The van der Waals surface area contributed by atoms with Gasteiger partial charge < -0.3 is 10.0 Å². The van der Waals surface area contributed by atoms with Crippen molar-refractivity contribution in [2.24, 2.45) is 0 Å². The van der Waals surface area contributed by atoms with Crippen molar-refractivity contribution < 1.29 is 9.90 Å². The maximum absolute atomic E-state index is 11.6. The molecule has 1 aromatic carbocycles. The fourth-order valence-electron chi connectivity index (χ4n) is 3.32. The Labute approximate surface area is 123 Å². The van der Waals surface area contributed by atoms with Crippen LogP contribution in [0.5, 0.6) is 0 Å². The minimum atomic E-state index is -1.02. The zero-order chi connectivity index (χ0) is 15.0. The van der Waals surface area contributed by atoms with Gasteiger partial charge in [0.2, 0.25) is 0 Å². The molecule has 0 saturated carbocycles. The van der Waals surface area contributed by atoms with Crippen molar-refractivity contribution in [3.8, 4) is 0 Å². The molecule has 2 aromatic rings. The molecule has 0 amide bonds. The van der Waals surface area contributed by atoms with Crippen LogP contribution in [0.2, 0.25) is 0 Å². The highest BCUT2D eigenvalue weighted by Crippen LogP contribution is 2.37. The maximum Gasteiger partial charge on any atom is 0.358 e. The first kappa shape index (κ1) is 13.8. The van der Waals surface area contributed by atoms with Crippen molar-refractivity contribution in [3.05, 3.63) is 30.0 Å². The molecular formula is C16H19N3O2. The van der Waals surface area contributed by atoms with Crippen LogP contribution in [-0.2, 0) is 0 Å². The minimum Gasteiger partial charge on any atom is -0.476 e. The molecule has 5 heteroatoms. The molecule has 2 atom stereocenters. The third-order valence-corrected chi connectivity index (χ3v) is 4.36. The molecule has 3 rings (SSSR count). The molecule has 0 spiro atoms. The summed E-state index contributed by atoms with van der Waals surface area (Å²) in [6.07, 6.45) is 3.17. The summed E-state index contributed by atoms with van der Waals surface area (Å²) in [5, 5.41) is 18.4. The molecular weight excluding hydrogens is 266 g/mol. The van der Waals surface area contributed by atoms with Gasteiger partial charge in [0.1, 0.15) is 0 Å². The number of carboxylic acids is 1. The van der Waals surface area contributed by atoms with Crippen LogP contribution in [0.4, 0.5) is 5.69 Å². The number of carboxylic acid groups (broad SMARTS) is 1. The van der Waals surface area contributed by atoms with E-state index in [2.05, 4.69) is 28.9 Å². The first-order valence-corrected chi connectivity index (χ1v) is 7.40. The summed E-state index contributed by atoms with van der Waals surface area (Å²) >= 11 is 0. The first-order chi connectivity index (χ1) is 10.1. The van der Waals surface area contributed by atoms with Gasteiger partial charge in [-0.2, -0.15) is 0 Å². The molecule has 1 N–H and O–H groups in total. The maximum atomic E-state index is 11.6. The van der Waals surface area contributed by atoms with Gasteiger partial charge in [0.25, 0.3) is 0 Å². The smallest absolute Gasteiger partial charge is 0.358 e. The predicted octanol–water partition coefficient (Wildman–Crippen LogP) is 3.10. The molecule has 21 heavy (non-hydrogen) atoms. The summed E-state index contributed by atoms with van der Waals surface area (Å²) in [4.78, 5) is 13.8. The second-order valence-corrected chi connectivity index (χ2v) is 5.62. The fraction of sp³-hybridized carbons (Fsp3) is 0.438. The van der Waals surface area contributed by atoms with Crippen molar-refractivity contribution in [1.29, 1.82) is 0 Å². The lowest BCUT2D eigenvalue weighted by molar-refractivity contribution is 0.0690. The van der Waals surface area contributed by atoms with Gasteiger partial charge in [-0.05, 0) is 32.3 Å². The Morgan fingerprint density at radius 2 is 2.10 bits per heavy atom. The van der Waals surface area contributed by atoms with E-state index in [4.69, 9.17) is 0 Å². The number of carbonyl (C=O) groups is 1. The molecule has 1 saturated heterocycles. The second-order valence-electron chi connectivity index (χ2n) is 5.62. The van der Waals surface area contributed by atoms with E-state index in [1.54, 1.807) is 0 Å². The highest BCUT2D eigenvalue weighted by atomic mass is 16.4. The molecule has 5 nitrogen and oxygen atoms in total. The number of hydrogen-bond acceptors (Lipinski definition) is 4. The van der Waals surface area contributed by atoms with Crippen LogP contribution in [0.25, 0.3) is 10.9 Å². The van der Waals surface area contributed by atoms with Crippen molar-refractivity contribution >= 4 is 22.6 Å². The lowest BCUT2D eigenvalue weighted by Gasteiger charge is -2.31. The van der Waals surface area contributed by atoms with Crippen LogP contribution >= 0.6 is 0 Å². The zero-order valence-electron chi connectivity index (χ0n) is 12.3. The number of rotatable bonds is 3. The summed E-state index contributed by atoms with van der Waals surface area (Å²) in [7, 11) is 0. The molecule has 2 heterocycles. The summed E-state index contributed by atoms with van der Waals surface area (Å²) in [5.41, 5.74) is 1.53. The van der Waals surface area contributed by atoms with Crippen LogP contribution in [0.1, 0.15) is 43.6 Å². The van der Waals surface area contributed by atoms with Gasteiger partial charge in [-0.15, -0.1) is 10.2 Å². The quantitative estimate of drug-likeness (QED) is 0.938. The van der Waals surface area contributed by atoms with Crippen LogP contribution in [-0.4, -0.2) is 33.4 Å². The molecule has 2 unspecified atom stereocenters. The predicted molar refractivity (Wildman–Crippen MR) is 81.8 cm³/mol. The monoisotopic (exact) mass is 285 g/mol. The van der Waals surface area contributed by atoms with Crippen molar-refractivity contribution in [1.82, 2.24) is 10.2 Å². The van der Waals surface area contributed by atoms with Crippen LogP contribution in [0.15, 0.2) is 24.3 Å². The van der Waals surface area contributed by atoms with E-state index in [1.807, 2.05) is 24.3 Å². The fourth-order valence-corrected chi connectivity index (χ4v) is 3.32.